The van der Waals surface area contributed by atoms with Crippen molar-refractivity contribution in [1.29, 1.82) is 0 Å². The number of halogens is 4. The van der Waals surface area contributed by atoms with Gasteiger partial charge in [-0.05, 0) is 47.9 Å². The number of carbonyl (C=O) groups is 1. The number of nitrogens with zero attached hydrogens (tertiary/aromatic N) is 4. The molecule has 7 nitrogen and oxygen atoms in total. The summed E-state index contributed by atoms with van der Waals surface area (Å²) in [4.78, 5) is 27.3. The first-order chi connectivity index (χ1) is 16.5. The van der Waals surface area contributed by atoms with E-state index in [1.807, 2.05) is 0 Å². The number of amides is 1. The molecular formula is C23H18F4N4O3S. The van der Waals surface area contributed by atoms with Crippen LogP contribution in [0, 0.1) is 5.82 Å². The second-order valence-electron chi connectivity index (χ2n) is 8.58. The zero-order valence-corrected chi connectivity index (χ0v) is 18.9. The summed E-state index contributed by atoms with van der Waals surface area (Å²) >= 11 is 0. The minimum atomic E-state index is -4.68. The Hall–Kier alpha value is -3.41. The van der Waals surface area contributed by atoms with Crippen molar-refractivity contribution in [3.63, 3.8) is 0 Å². The molecule has 1 fully saturated rings. The molecule has 1 amide bonds. The zero-order valence-electron chi connectivity index (χ0n) is 18.1. The van der Waals surface area contributed by atoms with Gasteiger partial charge in [-0.1, -0.05) is 0 Å². The number of hydrogen-bond acceptors (Lipinski definition) is 6. The lowest BCUT2D eigenvalue weighted by molar-refractivity contribution is -0.137. The van der Waals surface area contributed by atoms with Crippen molar-refractivity contribution in [2.75, 3.05) is 18.1 Å². The van der Waals surface area contributed by atoms with E-state index in [0.717, 1.165) is 12.1 Å². The van der Waals surface area contributed by atoms with Crippen LogP contribution in [0.5, 0.6) is 0 Å². The number of pyridine rings is 1. The fourth-order valence-corrected chi connectivity index (χ4v) is 5.90. The van der Waals surface area contributed by atoms with Crippen LogP contribution < -0.4 is 0 Å². The van der Waals surface area contributed by atoms with Crippen LogP contribution in [0.1, 0.15) is 32.7 Å². The fourth-order valence-electron chi connectivity index (χ4n) is 4.47. The summed E-state index contributed by atoms with van der Waals surface area (Å²) in [5, 5.41) is 0. The predicted molar refractivity (Wildman–Crippen MR) is 117 cm³/mol. The van der Waals surface area contributed by atoms with Crippen LogP contribution in [0.25, 0.3) is 11.4 Å². The van der Waals surface area contributed by atoms with E-state index in [4.69, 9.17) is 0 Å². The number of carbonyl (C=O) groups excluding carboxylic acids is 1. The van der Waals surface area contributed by atoms with Gasteiger partial charge in [0, 0.05) is 30.4 Å². The van der Waals surface area contributed by atoms with E-state index in [1.54, 1.807) is 17.0 Å². The van der Waals surface area contributed by atoms with E-state index >= 15 is 0 Å². The summed E-state index contributed by atoms with van der Waals surface area (Å²) in [5.74, 6) is -1.36. The van der Waals surface area contributed by atoms with Crippen LogP contribution in [0.15, 0.2) is 42.9 Å². The summed E-state index contributed by atoms with van der Waals surface area (Å²) in [6.45, 7) is 0.339. The van der Waals surface area contributed by atoms with Crippen molar-refractivity contribution in [1.82, 2.24) is 19.9 Å². The van der Waals surface area contributed by atoms with Gasteiger partial charge in [-0.15, -0.1) is 0 Å². The number of alkyl halides is 3. The van der Waals surface area contributed by atoms with E-state index in [1.165, 1.54) is 12.5 Å². The second kappa shape index (κ2) is 8.36. The van der Waals surface area contributed by atoms with E-state index < -0.39 is 27.4 Å². The smallest absolute Gasteiger partial charge is 0.333 e. The highest BCUT2D eigenvalue weighted by atomic mass is 32.2. The normalized spacial score (nSPS) is 17.7. The second-order valence-corrected chi connectivity index (χ2v) is 10.7. The molecule has 182 valence electrons. The van der Waals surface area contributed by atoms with Crippen LogP contribution >= 0.6 is 0 Å². The molecule has 2 aliphatic heterocycles. The quantitative estimate of drug-likeness (QED) is 0.505. The van der Waals surface area contributed by atoms with Crippen LogP contribution in [-0.4, -0.2) is 58.3 Å². The molecule has 2 aromatic heterocycles. The summed E-state index contributed by atoms with van der Waals surface area (Å²) in [6, 6.07) is 5.13. The Morgan fingerprint density at radius 1 is 1.06 bits per heavy atom. The first-order valence-corrected chi connectivity index (χ1v) is 12.5. The number of sulfone groups is 1. The molecular weight excluding hydrogens is 488 g/mol. The first kappa shape index (κ1) is 23.3. The Bertz CT molecular complexity index is 1430. The molecule has 35 heavy (non-hydrogen) atoms. The third-order valence-electron chi connectivity index (χ3n) is 6.12. The minimum absolute atomic E-state index is 0.0442. The first-order valence-electron chi connectivity index (χ1n) is 10.7. The maximum absolute atomic E-state index is 13.8. The van der Waals surface area contributed by atoms with Crippen molar-refractivity contribution >= 4 is 15.7 Å². The van der Waals surface area contributed by atoms with Gasteiger partial charge in [0.15, 0.2) is 9.84 Å². The summed E-state index contributed by atoms with van der Waals surface area (Å²) in [5.41, 5.74) is 1.27. The minimum Gasteiger partial charge on any atom is -0.333 e. The number of aromatic nitrogens is 3. The molecule has 3 aromatic rings. The van der Waals surface area contributed by atoms with Gasteiger partial charge < -0.3 is 4.90 Å². The summed E-state index contributed by atoms with van der Waals surface area (Å²) in [6.07, 6.45) is -1.60. The van der Waals surface area contributed by atoms with Crippen molar-refractivity contribution in [2.24, 2.45) is 0 Å². The van der Waals surface area contributed by atoms with Crippen LogP contribution in [0.4, 0.5) is 17.6 Å². The molecule has 1 aromatic carbocycles. The molecule has 0 N–H and O–H groups in total. The average molecular weight is 506 g/mol. The van der Waals surface area contributed by atoms with E-state index in [9.17, 15) is 30.8 Å². The van der Waals surface area contributed by atoms with E-state index in [0.29, 0.717) is 47.2 Å². The van der Waals surface area contributed by atoms with Gasteiger partial charge in [-0.25, -0.2) is 22.8 Å². The lowest BCUT2D eigenvalue weighted by Crippen LogP contribution is -2.57. The van der Waals surface area contributed by atoms with Gasteiger partial charge >= 0.3 is 6.18 Å². The van der Waals surface area contributed by atoms with Crippen molar-refractivity contribution < 1.29 is 30.8 Å². The number of hydrogen-bond donors (Lipinski definition) is 0. The Morgan fingerprint density at radius 3 is 2.54 bits per heavy atom. The molecule has 12 heteroatoms. The molecule has 0 spiro atoms. The highest BCUT2D eigenvalue weighted by molar-refractivity contribution is 7.92. The average Bonchev–Trinajstić information content (AvgIpc) is 2.77. The lowest BCUT2D eigenvalue weighted by atomic mass is 9.95. The van der Waals surface area contributed by atoms with Crippen molar-refractivity contribution in [3.05, 3.63) is 76.6 Å². The van der Waals surface area contributed by atoms with Crippen LogP contribution in [-0.2, 0) is 28.9 Å². The molecule has 0 aliphatic carbocycles. The maximum atomic E-state index is 13.8. The molecule has 0 saturated carbocycles. The van der Waals surface area contributed by atoms with Crippen LogP contribution in [0.2, 0.25) is 0 Å². The van der Waals surface area contributed by atoms with Crippen molar-refractivity contribution in [3.8, 4) is 11.4 Å². The van der Waals surface area contributed by atoms with E-state index in [-0.39, 0.29) is 35.4 Å². The molecule has 5 rings (SSSR count). The van der Waals surface area contributed by atoms with Gasteiger partial charge in [0.2, 0.25) is 0 Å². The standard InChI is InChI=1S/C23H18F4N4O3S/c24-15-6-13(5-14(8-15)23(25,26)27)7-16-9-20(30-12-29-16)21-18-2-4-31(17-10-35(33,34)11-17)22(32)19(18)1-3-28-21/h1,3,5-6,8-9,12,17H,2,4,7,10-11H2. The van der Waals surface area contributed by atoms with Gasteiger partial charge in [-0.3, -0.25) is 9.78 Å². The molecule has 0 bridgehead atoms. The molecule has 4 heterocycles. The Labute approximate surface area is 197 Å². The van der Waals surface area contributed by atoms with Gasteiger partial charge in [0.25, 0.3) is 5.91 Å². The SMILES string of the molecule is O=C1c2ccnc(-c3cc(Cc4cc(F)cc(C(F)(F)F)c4)ncn3)c2CCN1C1CS(=O)(=O)C1. The third kappa shape index (κ3) is 4.62. The molecule has 1 saturated heterocycles. The van der Waals surface area contributed by atoms with Gasteiger partial charge in [0.1, 0.15) is 12.1 Å². The lowest BCUT2D eigenvalue weighted by Gasteiger charge is -2.39. The topological polar surface area (TPSA) is 93.1 Å². The van der Waals surface area contributed by atoms with E-state index in [2.05, 4.69) is 15.0 Å². The van der Waals surface area contributed by atoms with Crippen molar-refractivity contribution in [2.45, 2.75) is 25.1 Å². The highest BCUT2D eigenvalue weighted by Crippen LogP contribution is 2.32. The fraction of sp³-hybridized carbons (Fsp3) is 0.304. The van der Waals surface area contributed by atoms with Gasteiger partial charge in [0.05, 0.1) is 34.5 Å². The monoisotopic (exact) mass is 506 g/mol. The zero-order chi connectivity index (χ0) is 25.0. The Morgan fingerprint density at radius 2 is 1.83 bits per heavy atom. The third-order valence-corrected chi connectivity index (χ3v) is 7.90. The molecule has 0 atom stereocenters. The predicted octanol–water partition coefficient (Wildman–Crippen LogP) is 3.08. The summed E-state index contributed by atoms with van der Waals surface area (Å²) in [7, 11) is -3.09. The molecule has 0 unspecified atom stereocenters. The number of benzene rings is 1. The summed E-state index contributed by atoms with van der Waals surface area (Å²) < 4.78 is 76.0. The molecule has 0 radical (unpaired) electrons. The number of rotatable bonds is 4. The Balaban J connectivity index is 1.43. The van der Waals surface area contributed by atoms with Crippen LogP contribution in [0.3, 0.4) is 0 Å². The number of fused-ring (bicyclic) bond motifs is 1. The largest absolute Gasteiger partial charge is 0.416 e. The maximum Gasteiger partial charge on any atom is 0.416 e. The molecule has 2 aliphatic rings. The van der Waals surface area contributed by atoms with Gasteiger partial charge in [-0.2, -0.15) is 13.2 Å². The highest BCUT2D eigenvalue weighted by Gasteiger charge is 2.42. The Kier molecular flexibility index (Phi) is 5.58.